The number of amides is 1. The summed E-state index contributed by atoms with van der Waals surface area (Å²) in [4.78, 5) is 14.8. The van der Waals surface area contributed by atoms with Crippen molar-refractivity contribution in [3.8, 4) is 17.0 Å². The molecule has 0 saturated carbocycles. The second-order valence-corrected chi connectivity index (χ2v) is 13.1. The van der Waals surface area contributed by atoms with Crippen LogP contribution in [-0.4, -0.2) is 74.9 Å². The molecule has 2 saturated heterocycles. The maximum atomic E-state index is 14.0. The van der Waals surface area contributed by atoms with Crippen LogP contribution in [0.25, 0.3) is 22.2 Å². The van der Waals surface area contributed by atoms with Crippen LogP contribution in [0.4, 0.5) is 10.1 Å². The van der Waals surface area contributed by atoms with Crippen LogP contribution >= 0.6 is 0 Å². The molecule has 0 radical (unpaired) electrons. The van der Waals surface area contributed by atoms with E-state index in [1.807, 2.05) is 0 Å². The molecule has 0 aliphatic carbocycles. The number of primary amides is 1. The molecule has 2 fully saturated rings. The van der Waals surface area contributed by atoms with Crippen molar-refractivity contribution in [2.75, 3.05) is 38.7 Å². The highest BCUT2D eigenvalue weighted by Crippen LogP contribution is 2.43. The van der Waals surface area contributed by atoms with E-state index in [4.69, 9.17) is 15.2 Å². The number of nitrogens with zero attached hydrogens (tertiary/aromatic N) is 2. The van der Waals surface area contributed by atoms with E-state index in [9.17, 15) is 17.6 Å². The summed E-state index contributed by atoms with van der Waals surface area (Å²) in [5.41, 5.74) is 8.15. The average Bonchev–Trinajstić information content (AvgIpc) is 3.42. The lowest BCUT2D eigenvalue weighted by atomic mass is 9.98. The van der Waals surface area contributed by atoms with Gasteiger partial charge in [0.2, 0.25) is 9.84 Å². The molecule has 226 valence electrons. The summed E-state index contributed by atoms with van der Waals surface area (Å²) in [6.07, 6.45) is 3.06. The molecule has 2 aliphatic rings. The van der Waals surface area contributed by atoms with Gasteiger partial charge in [0.1, 0.15) is 23.4 Å². The number of aromatic amines is 1. The predicted octanol–water partition coefficient (Wildman–Crippen LogP) is 4.36. The molecular formula is C31H34FN5O5S. The van der Waals surface area contributed by atoms with Crippen LogP contribution in [0.15, 0.2) is 64.4 Å². The number of benzene rings is 3. The first-order valence-corrected chi connectivity index (χ1v) is 15.8. The molecule has 0 bridgehead atoms. The lowest BCUT2D eigenvalue weighted by Gasteiger charge is -2.31. The zero-order valence-corrected chi connectivity index (χ0v) is 24.6. The van der Waals surface area contributed by atoms with Gasteiger partial charge >= 0.3 is 0 Å². The zero-order chi connectivity index (χ0) is 30.1. The van der Waals surface area contributed by atoms with Crippen molar-refractivity contribution in [3.63, 3.8) is 0 Å². The van der Waals surface area contributed by atoms with Crippen LogP contribution in [-0.2, 0) is 14.6 Å². The zero-order valence-electron chi connectivity index (χ0n) is 23.8. The second-order valence-electron chi connectivity index (χ2n) is 11.1. The van der Waals surface area contributed by atoms with Crippen LogP contribution in [0.1, 0.15) is 36.0 Å². The monoisotopic (exact) mass is 607 g/mol. The number of H-pyrrole nitrogens is 1. The average molecular weight is 608 g/mol. The molecule has 10 nitrogen and oxygen atoms in total. The molecule has 43 heavy (non-hydrogen) atoms. The third-order valence-corrected chi connectivity index (χ3v) is 9.90. The van der Waals surface area contributed by atoms with Gasteiger partial charge in [0.15, 0.2) is 0 Å². The summed E-state index contributed by atoms with van der Waals surface area (Å²) in [5, 5.41) is 11.6. The van der Waals surface area contributed by atoms with E-state index < -0.39 is 21.6 Å². The Hall–Kier alpha value is -4.00. The third kappa shape index (κ3) is 5.95. The molecular weight excluding hydrogens is 573 g/mol. The highest BCUT2D eigenvalue weighted by Gasteiger charge is 2.28. The van der Waals surface area contributed by atoms with Crippen molar-refractivity contribution in [2.24, 2.45) is 5.73 Å². The number of hydrogen-bond acceptors (Lipinski definition) is 8. The van der Waals surface area contributed by atoms with E-state index in [0.29, 0.717) is 46.8 Å². The molecule has 3 heterocycles. The van der Waals surface area contributed by atoms with Gasteiger partial charge in [0.05, 0.1) is 32.1 Å². The minimum Gasteiger partial charge on any atom is -0.490 e. The van der Waals surface area contributed by atoms with Crippen LogP contribution in [0.3, 0.4) is 0 Å². The van der Waals surface area contributed by atoms with Crippen molar-refractivity contribution < 1.29 is 27.1 Å². The van der Waals surface area contributed by atoms with Crippen molar-refractivity contribution in [2.45, 2.75) is 47.6 Å². The van der Waals surface area contributed by atoms with E-state index in [-0.39, 0.29) is 27.5 Å². The first kappa shape index (κ1) is 29.1. The molecule has 4 N–H and O–H groups in total. The van der Waals surface area contributed by atoms with Gasteiger partial charge in [0, 0.05) is 37.7 Å². The Labute approximate surface area is 249 Å². The van der Waals surface area contributed by atoms with Gasteiger partial charge in [-0.3, -0.25) is 9.89 Å². The standard InChI is InChI=1S/C31H34FN5O5S/c1-37-13-9-21(10-14-37)42-27-8-6-24(31(33)38)29(34-20-11-15-41-16-12-20)28(27)30-25-18-23(5-7-26(25)35-36-30)43(39,40)22-4-2-3-19(32)17-22/h2-8,17-18,20-21,34H,9-16H2,1H3,(H2,33,38)(H,35,36). The van der Waals surface area contributed by atoms with Crippen LogP contribution < -0.4 is 15.8 Å². The maximum absolute atomic E-state index is 14.0. The van der Waals surface area contributed by atoms with Gasteiger partial charge in [-0.25, -0.2) is 12.8 Å². The number of aromatic nitrogens is 2. The lowest BCUT2D eigenvalue weighted by Crippen LogP contribution is -2.35. The van der Waals surface area contributed by atoms with E-state index in [1.165, 1.54) is 30.3 Å². The Morgan fingerprint density at radius 1 is 1.07 bits per heavy atom. The highest BCUT2D eigenvalue weighted by molar-refractivity contribution is 7.91. The number of likely N-dealkylation sites (tertiary alicyclic amines) is 1. The smallest absolute Gasteiger partial charge is 0.250 e. The quantitative estimate of drug-likeness (QED) is 0.269. The van der Waals surface area contributed by atoms with E-state index in [1.54, 1.807) is 18.2 Å². The van der Waals surface area contributed by atoms with Gasteiger partial charge in [-0.15, -0.1) is 0 Å². The normalized spacial score (nSPS) is 17.3. The van der Waals surface area contributed by atoms with Gasteiger partial charge < -0.3 is 25.4 Å². The Balaban J connectivity index is 1.52. The third-order valence-electron chi connectivity index (χ3n) is 8.15. The number of nitrogens with one attached hydrogen (secondary N) is 2. The maximum Gasteiger partial charge on any atom is 0.250 e. The second kappa shape index (κ2) is 11.9. The minimum absolute atomic E-state index is 0.0123. The fraction of sp³-hybridized carbons (Fsp3) is 0.355. The van der Waals surface area contributed by atoms with Crippen LogP contribution in [0.5, 0.6) is 5.75 Å². The highest BCUT2D eigenvalue weighted by atomic mass is 32.2. The Morgan fingerprint density at radius 3 is 2.53 bits per heavy atom. The van der Waals surface area contributed by atoms with Crippen molar-refractivity contribution in [1.82, 2.24) is 15.1 Å². The largest absolute Gasteiger partial charge is 0.490 e. The molecule has 4 aromatic rings. The molecule has 0 atom stereocenters. The topological polar surface area (TPSA) is 140 Å². The summed E-state index contributed by atoms with van der Waals surface area (Å²) in [6, 6.07) is 12.9. The number of fused-ring (bicyclic) bond motifs is 1. The molecule has 0 unspecified atom stereocenters. The molecule has 2 aliphatic heterocycles. The number of nitrogens with two attached hydrogens (primary N) is 1. The molecule has 3 aromatic carbocycles. The number of halogens is 1. The molecule has 1 aromatic heterocycles. The van der Waals surface area contributed by atoms with Crippen molar-refractivity contribution in [1.29, 1.82) is 0 Å². The lowest BCUT2D eigenvalue weighted by molar-refractivity contribution is 0.0904. The summed E-state index contributed by atoms with van der Waals surface area (Å²) in [6.45, 7) is 2.94. The van der Waals surface area contributed by atoms with Gasteiger partial charge in [-0.1, -0.05) is 6.07 Å². The SMILES string of the molecule is CN1CCC(Oc2ccc(C(N)=O)c(NC3CCOCC3)c2-c2n[nH]c3ccc(S(=O)(=O)c4cccc(F)c4)cc23)CC1. The number of rotatable bonds is 8. The molecule has 12 heteroatoms. The van der Waals surface area contributed by atoms with Crippen molar-refractivity contribution >= 4 is 32.3 Å². The number of carbonyl (C=O) groups is 1. The molecule has 0 spiro atoms. The molecule has 1 amide bonds. The number of sulfone groups is 1. The summed E-state index contributed by atoms with van der Waals surface area (Å²) in [5.74, 6) is -0.745. The fourth-order valence-electron chi connectivity index (χ4n) is 5.72. The first-order chi connectivity index (χ1) is 20.7. The van der Waals surface area contributed by atoms with Gasteiger partial charge in [0.25, 0.3) is 5.91 Å². The fourth-order valence-corrected chi connectivity index (χ4v) is 7.04. The van der Waals surface area contributed by atoms with Crippen LogP contribution in [0.2, 0.25) is 0 Å². The number of hydrogen-bond donors (Lipinski definition) is 3. The summed E-state index contributed by atoms with van der Waals surface area (Å²) >= 11 is 0. The first-order valence-electron chi connectivity index (χ1n) is 14.4. The number of piperidine rings is 1. The Kier molecular flexibility index (Phi) is 8.08. The van der Waals surface area contributed by atoms with E-state index in [2.05, 4.69) is 27.5 Å². The number of carbonyl (C=O) groups excluding carboxylic acids is 1. The van der Waals surface area contributed by atoms with E-state index >= 15 is 0 Å². The number of ether oxygens (including phenoxy) is 2. The number of anilines is 1. The summed E-state index contributed by atoms with van der Waals surface area (Å²) in [7, 11) is -1.97. The predicted molar refractivity (Wildman–Crippen MR) is 161 cm³/mol. The minimum atomic E-state index is -4.04. The molecule has 6 rings (SSSR count). The van der Waals surface area contributed by atoms with Crippen LogP contribution in [0, 0.1) is 5.82 Å². The van der Waals surface area contributed by atoms with E-state index in [0.717, 1.165) is 44.8 Å². The van der Waals surface area contributed by atoms with Gasteiger partial charge in [-0.2, -0.15) is 5.10 Å². The Morgan fingerprint density at radius 2 is 1.81 bits per heavy atom. The Bertz CT molecular complexity index is 1760. The van der Waals surface area contributed by atoms with Gasteiger partial charge in [-0.05, 0) is 81.3 Å². The summed E-state index contributed by atoms with van der Waals surface area (Å²) < 4.78 is 53.1. The van der Waals surface area contributed by atoms with Crippen molar-refractivity contribution in [3.05, 3.63) is 66.0 Å².